The lowest BCUT2D eigenvalue weighted by molar-refractivity contribution is -0.148. The Morgan fingerprint density at radius 1 is 0.805 bits per heavy atom. The molecule has 0 saturated carbocycles. The van der Waals surface area contributed by atoms with E-state index in [1.54, 1.807) is 43.3 Å². The molecule has 0 fully saturated rings. The van der Waals surface area contributed by atoms with E-state index in [4.69, 9.17) is 15.2 Å². The van der Waals surface area contributed by atoms with E-state index in [2.05, 4.69) is 16.0 Å². The minimum absolute atomic E-state index is 0.0146. The highest BCUT2D eigenvalue weighted by molar-refractivity contribution is 5.95. The highest BCUT2D eigenvalue weighted by atomic mass is 16.5. The van der Waals surface area contributed by atoms with Crippen LogP contribution >= 0.6 is 0 Å². The van der Waals surface area contributed by atoms with Crippen LogP contribution in [0, 0.1) is 5.92 Å². The third-order valence-electron chi connectivity index (χ3n) is 5.83. The van der Waals surface area contributed by atoms with Gasteiger partial charge in [0.15, 0.2) is 0 Å². The Labute approximate surface area is 239 Å². The van der Waals surface area contributed by atoms with Gasteiger partial charge in [0.05, 0.1) is 13.0 Å². The molecule has 0 unspecified atom stereocenters. The summed E-state index contributed by atoms with van der Waals surface area (Å²) in [5, 5.41) is 17.1. The molecule has 0 spiro atoms. The highest BCUT2D eigenvalue weighted by Crippen LogP contribution is 2.13. The Hall–Kier alpha value is -4.61. The number of carbonyl (C=O) groups excluding carboxylic acids is 5. The highest BCUT2D eigenvalue weighted by Gasteiger charge is 2.31. The summed E-state index contributed by atoms with van der Waals surface area (Å²) in [5.41, 5.74) is 6.66. The van der Waals surface area contributed by atoms with Crippen molar-refractivity contribution in [2.45, 2.75) is 64.8 Å². The lowest BCUT2D eigenvalue weighted by Crippen LogP contribution is -2.57. The fourth-order valence-corrected chi connectivity index (χ4v) is 3.87. The second-order valence-corrected chi connectivity index (χ2v) is 9.80. The van der Waals surface area contributed by atoms with Gasteiger partial charge in [-0.05, 0) is 42.5 Å². The summed E-state index contributed by atoms with van der Waals surface area (Å²) < 4.78 is 10.3. The van der Waals surface area contributed by atoms with E-state index >= 15 is 0 Å². The number of hydrogen-bond donors (Lipinski definition) is 5. The zero-order valence-corrected chi connectivity index (χ0v) is 23.4. The molecule has 2 aromatic rings. The van der Waals surface area contributed by atoms with Crippen LogP contribution in [-0.4, -0.2) is 59.6 Å². The molecule has 0 heterocycles. The normalized spacial score (nSPS) is 12.9. The summed E-state index contributed by atoms with van der Waals surface area (Å²) in [6, 6.07) is 11.2. The molecule has 3 atom stereocenters. The summed E-state index contributed by atoms with van der Waals surface area (Å²) in [4.78, 5) is 63.3. The molecule has 0 bridgehead atoms. The van der Waals surface area contributed by atoms with Crippen LogP contribution in [-0.2, 0) is 41.7 Å². The van der Waals surface area contributed by atoms with E-state index in [9.17, 15) is 29.1 Å². The zero-order chi connectivity index (χ0) is 30.4. The predicted octanol–water partition coefficient (Wildman–Crippen LogP) is 1.68. The lowest BCUT2D eigenvalue weighted by atomic mass is 10.0. The Kier molecular flexibility index (Phi) is 13.1. The van der Waals surface area contributed by atoms with Crippen LogP contribution in [0.1, 0.15) is 44.7 Å². The molecule has 0 radical (unpaired) electrons. The van der Waals surface area contributed by atoms with E-state index in [1.807, 2.05) is 19.9 Å². The van der Waals surface area contributed by atoms with Gasteiger partial charge < -0.3 is 36.3 Å². The van der Waals surface area contributed by atoms with Gasteiger partial charge in [0, 0.05) is 6.42 Å². The summed E-state index contributed by atoms with van der Waals surface area (Å²) >= 11 is 0. The van der Waals surface area contributed by atoms with Gasteiger partial charge in [-0.15, -0.1) is 0 Å². The number of hydrogen-bond acceptors (Lipinski definition) is 8. The molecule has 222 valence electrons. The van der Waals surface area contributed by atoms with Crippen molar-refractivity contribution in [2.24, 2.45) is 11.7 Å². The van der Waals surface area contributed by atoms with Crippen LogP contribution in [0.2, 0.25) is 0 Å². The maximum Gasteiger partial charge on any atom is 0.408 e. The number of carbonyl (C=O) groups is 5. The Morgan fingerprint density at radius 2 is 1.41 bits per heavy atom. The predicted molar refractivity (Wildman–Crippen MR) is 149 cm³/mol. The van der Waals surface area contributed by atoms with Gasteiger partial charge in [-0.3, -0.25) is 14.4 Å². The van der Waals surface area contributed by atoms with Gasteiger partial charge in [0.2, 0.25) is 17.7 Å². The number of nitrogens with two attached hydrogens (primary N) is 1. The molecule has 0 saturated heterocycles. The van der Waals surface area contributed by atoms with Crippen molar-refractivity contribution in [1.82, 2.24) is 16.0 Å². The van der Waals surface area contributed by atoms with Crippen LogP contribution < -0.4 is 21.7 Å². The van der Waals surface area contributed by atoms with Crippen LogP contribution in [0.4, 0.5) is 4.79 Å². The number of esters is 1. The number of ether oxygens (including phenoxy) is 2. The molecule has 6 N–H and O–H groups in total. The van der Waals surface area contributed by atoms with Crippen molar-refractivity contribution in [3.05, 3.63) is 65.7 Å². The molecular formula is C29H38N4O8. The summed E-state index contributed by atoms with van der Waals surface area (Å²) in [6.45, 7) is 5.41. The smallest absolute Gasteiger partial charge is 0.408 e. The number of alkyl carbamates (subject to hydrolysis) is 1. The van der Waals surface area contributed by atoms with Gasteiger partial charge in [0.25, 0.3) is 0 Å². The maximum absolute atomic E-state index is 13.4. The first-order valence-corrected chi connectivity index (χ1v) is 13.3. The number of benzene rings is 2. The van der Waals surface area contributed by atoms with Crippen molar-refractivity contribution in [3.8, 4) is 5.75 Å². The molecule has 0 aliphatic rings. The summed E-state index contributed by atoms with van der Waals surface area (Å²) in [6.07, 6.45) is -1.21. The third-order valence-corrected chi connectivity index (χ3v) is 5.83. The third kappa shape index (κ3) is 12.0. The van der Waals surface area contributed by atoms with E-state index in [1.165, 1.54) is 12.1 Å². The average Bonchev–Trinajstić information content (AvgIpc) is 2.92. The number of aromatic hydroxyl groups is 1. The Bertz CT molecular complexity index is 1170. The summed E-state index contributed by atoms with van der Waals surface area (Å²) in [5.74, 6) is -3.09. The molecule has 41 heavy (non-hydrogen) atoms. The quantitative estimate of drug-likeness (QED) is 0.200. The van der Waals surface area contributed by atoms with E-state index in [0.29, 0.717) is 5.56 Å². The summed E-state index contributed by atoms with van der Waals surface area (Å²) in [7, 11) is 0. The first-order valence-electron chi connectivity index (χ1n) is 13.3. The second kappa shape index (κ2) is 16.5. The minimum atomic E-state index is -1.44. The Balaban J connectivity index is 2.21. The van der Waals surface area contributed by atoms with Gasteiger partial charge >= 0.3 is 12.1 Å². The first kappa shape index (κ1) is 32.6. The van der Waals surface area contributed by atoms with Crippen molar-refractivity contribution in [3.63, 3.8) is 0 Å². The van der Waals surface area contributed by atoms with Crippen molar-refractivity contribution in [2.75, 3.05) is 6.61 Å². The molecule has 2 rings (SSSR count). The number of primary amides is 1. The van der Waals surface area contributed by atoms with Crippen LogP contribution in [0.25, 0.3) is 0 Å². The van der Waals surface area contributed by atoms with Crippen molar-refractivity contribution in [1.29, 1.82) is 0 Å². The topological polar surface area (TPSA) is 186 Å². The zero-order valence-electron chi connectivity index (χ0n) is 23.4. The number of nitrogens with one attached hydrogen (secondary N) is 3. The Morgan fingerprint density at radius 3 is 2.00 bits per heavy atom. The maximum atomic E-state index is 13.4. The first-order chi connectivity index (χ1) is 19.5. The van der Waals surface area contributed by atoms with Crippen molar-refractivity contribution >= 4 is 29.8 Å². The van der Waals surface area contributed by atoms with E-state index in [0.717, 1.165) is 5.56 Å². The molecule has 0 aliphatic heterocycles. The monoisotopic (exact) mass is 570 g/mol. The van der Waals surface area contributed by atoms with E-state index in [-0.39, 0.29) is 37.7 Å². The van der Waals surface area contributed by atoms with Crippen LogP contribution in [0.5, 0.6) is 5.75 Å². The van der Waals surface area contributed by atoms with E-state index < -0.39 is 54.3 Å². The molecule has 0 aromatic heterocycles. The minimum Gasteiger partial charge on any atom is -0.508 e. The lowest BCUT2D eigenvalue weighted by Gasteiger charge is -2.25. The fraction of sp³-hybridized carbons (Fsp3) is 0.414. The fourth-order valence-electron chi connectivity index (χ4n) is 3.87. The standard InChI is InChI=1S/C29H38N4O8/c1-4-40-28(38)24(14-18(2)3)32-27(37)23(16-25(30)35)31-26(36)22(15-19-10-12-21(34)13-11-19)33-29(39)41-17-20-8-6-5-7-9-20/h5-13,18,22-24,34H,4,14-17H2,1-3H3,(H2,30,35)(H,31,36)(H,32,37)(H,33,39)/t22-,23-,24-/m0/s1. The molecule has 12 heteroatoms. The second-order valence-electron chi connectivity index (χ2n) is 9.80. The average molecular weight is 571 g/mol. The number of phenolic OH excluding ortho intramolecular Hbond substituents is 1. The van der Waals surface area contributed by atoms with Gasteiger partial charge in [-0.1, -0.05) is 56.3 Å². The SMILES string of the molecule is CCOC(=O)[C@H](CC(C)C)NC(=O)[C@H](CC(N)=O)NC(=O)[C@H](Cc1ccc(O)cc1)NC(=O)OCc1ccccc1. The van der Waals surface area contributed by atoms with Crippen LogP contribution in [0.3, 0.4) is 0 Å². The number of phenols is 1. The number of amides is 4. The molecule has 12 nitrogen and oxygen atoms in total. The van der Waals surface area contributed by atoms with Gasteiger partial charge in [0.1, 0.15) is 30.5 Å². The number of rotatable bonds is 15. The molecule has 0 aliphatic carbocycles. The van der Waals surface area contributed by atoms with Gasteiger partial charge in [-0.2, -0.15) is 0 Å². The molecule has 2 aromatic carbocycles. The molecular weight excluding hydrogens is 532 g/mol. The molecule has 4 amide bonds. The van der Waals surface area contributed by atoms with Gasteiger partial charge in [-0.25, -0.2) is 9.59 Å². The largest absolute Gasteiger partial charge is 0.508 e. The van der Waals surface area contributed by atoms with Crippen LogP contribution in [0.15, 0.2) is 54.6 Å². The van der Waals surface area contributed by atoms with Crippen molar-refractivity contribution < 1.29 is 38.6 Å².